The first-order chi connectivity index (χ1) is 5.44. The van der Waals surface area contributed by atoms with Gasteiger partial charge in [0.1, 0.15) is 6.02 Å². The normalized spacial score (nSPS) is 36.0. The summed E-state index contributed by atoms with van der Waals surface area (Å²) in [5.41, 5.74) is 4.69. The lowest BCUT2D eigenvalue weighted by atomic mass is 10.2. The molecule has 0 radical (unpaired) electrons. The van der Waals surface area contributed by atoms with Crippen LogP contribution in [-0.2, 0) is 4.79 Å². The summed E-state index contributed by atoms with van der Waals surface area (Å²) in [5, 5.41) is 17.3. The number of hydrogen-bond acceptors (Lipinski definition) is 3. The van der Waals surface area contributed by atoms with Crippen LogP contribution in [0.4, 0.5) is 0 Å². The van der Waals surface area contributed by atoms with E-state index in [1.54, 1.807) is 0 Å². The number of aliphatic carboxylic acids is 1. The van der Waals surface area contributed by atoms with Crippen LogP contribution in [-0.4, -0.2) is 28.3 Å². The lowest BCUT2D eigenvalue weighted by Gasteiger charge is -2.06. The molecule has 0 amide bonds. The maximum atomic E-state index is 10.3. The lowest BCUT2D eigenvalue weighted by molar-refractivity contribution is -0.140. The topological polar surface area (TPSA) is 83.5 Å². The molecule has 0 aliphatic rings. The van der Waals surface area contributed by atoms with Gasteiger partial charge in [0.15, 0.2) is 0 Å². The highest BCUT2D eigenvalue weighted by Gasteiger charge is 2.16. The van der Waals surface area contributed by atoms with Crippen molar-refractivity contribution in [2.45, 2.75) is 18.9 Å². The van der Waals surface area contributed by atoms with Crippen LogP contribution in [0.1, 0.15) is 13.7 Å². The van der Waals surface area contributed by atoms with Gasteiger partial charge in [-0.2, -0.15) is 0 Å². The van der Waals surface area contributed by atoms with Crippen LogP contribution >= 0.6 is 0 Å². The number of hydrogen-bond donors (Lipinski definition) is 3. The molecule has 0 aliphatic carbocycles. The summed E-state index contributed by atoms with van der Waals surface area (Å²) < 4.78 is 33.5. The van der Waals surface area contributed by atoms with E-state index in [0.717, 1.165) is 0 Å². The average molecular weight is 124 g/mol. The van der Waals surface area contributed by atoms with E-state index in [9.17, 15) is 4.79 Å². The van der Waals surface area contributed by atoms with Crippen LogP contribution in [0.3, 0.4) is 0 Å². The summed E-state index contributed by atoms with van der Waals surface area (Å²) in [6, 6.07) is -3.29. The Labute approximate surface area is 53.9 Å². The summed E-state index contributed by atoms with van der Waals surface area (Å²) in [7, 11) is 0. The zero-order valence-electron chi connectivity index (χ0n) is 8.88. The Kier molecular flexibility index (Phi) is 0.767. The molecule has 0 spiro atoms. The van der Waals surface area contributed by atoms with Gasteiger partial charge >= 0.3 is 5.97 Å². The Morgan fingerprint density at radius 3 is 2.75 bits per heavy atom. The molecule has 0 aromatic carbocycles. The molecule has 0 aromatic rings. The molecule has 48 valence electrons. The molecule has 8 heavy (non-hydrogen) atoms. The fourth-order valence-corrected chi connectivity index (χ4v) is 0.101. The fraction of sp³-hybridized carbons (Fsp3) is 0.750. The summed E-state index contributed by atoms with van der Waals surface area (Å²) in [6.45, 7) is -3.36. The molecule has 0 bridgehead atoms. The minimum Gasteiger partial charge on any atom is -0.480 e. The number of aliphatic hydroxyl groups is 1. The van der Waals surface area contributed by atoms with Gasteiger partial charge in [-0.1, -0.05) is 0 Å². The van der Waals surface area contributed by atoms with Gasteiger partial charge < -0.3 is 15.9 Å². The second-order valence-electron chi connectivity index (χ2n) is 1.07. The number of rotatable bonds is 2. The van der Waals surface area contributed by atoms with Crippen LogP contribution < -0.4 is 5.73 Å². The predicted molar refractivity (Wildman–Crippen MR) is 27.3 cm³/mol. The van der Waals surface area contributed by atoms with E-state index in [0.29, 0.717) is 0 Å². The maximum absolute atomic E-state index is 10.3. The van der Waals surface area contributed by atoms with E-state index < -0.39 is 24.9 Å². The average Bonchev–Trinajstić information content (AvgIpc) is 1.84. The predicted octanol–water partition coefficient (Wildman–Crippen LogP) is -1.22. The van der Waals surface area contributed by atoms with Crippen molar-refractivity contribution in [3.05, 3.63) is 0 Å². The Balaban J connectivity index is 5.16. The summed E-state index contributed by atoms with van der Waals surface area (Å²) in [6.07, 6.45) is -3.55. The number of carboxylic acids is 1. The second kappa shape index (κ2) is 2.64. The Hall–Kier alpha value is -0.610. The summed E-state index contributed by atoms with van der Waals surface area (Å²) in [4.78, 5) is 10.3. The van der Waals surface area contributed by atoms with Crippen LogP contribution in [0.15, 0.2) is 0 Å². The molecule has 0 aliphatic heterocycles. The lowest BCUT2D eigenvalue weighted by Crippen LogP contribution is -2.39. The molecule has 0 saturated carbocycles. The molecule has 0 heterocycles. The van der Waals surface area contributed by atoms with E-state index in [2.05, 4.69) is 0 Å². The fourth-order valence-electron chi connectivity index (χ4n) is 0.101. The van der Waals surface area contributed by atoms with Crippen LogP contribution in [0, 0.1) is 0 Å². The minimum atomic E-state index is -3.55. The van der Waals surface area contributed by atoms with Crippen molar-refractivity contribution in [2.24, 2.45) is 5.73 Å². The molecule has 0 fully saturated rings. The quantitative estimate of drug-likeness (QED) is 0.431. The SMILES string of the molecule is [2H]C([2H])([2H])[C@@]([2H])(O)[C@]([2H])(N)C(=O)O. The number of nitrogens with two attached hydrogens (primary N) is 1. The standard InChI is InChI=1S/C4H9NO3/c1-2(6)3(5)4(7)8/h2-3,6H,5H2,1H3,(H,7,8)/t2-,3+/m1/s1/i1D3,2D,3D. The van der Waals surface area contributed by atoms with E-state index in [4.69, 9.17) is 22.8 Å². The second-order valence-corrected chi connectivity index (χ2v) is 1.07. The van der Waals surface area contributed by atoms with Gasteiger partial charge in [0.05, 0.1) is 8.82 Å². The van der Waals surface area contributed by atoms with Crippen molar-refractivity contribution >= 4 is 5.97 Å². The first kappa shape index (κ1) is 2.33. The first-order valence-electron chi connectivity index (χ1n) is 4.19. The Morgan fingerprint density at radius 1 is 2.12 bits per heavy atom. The third-order valence-corrected chi connectivity index (χ3v) is 0.486. The molecular formula is C4H9NO3. The molecule has 0 rings (SSSR count). The zero-order valence-corrected chi connectivity index (χ0v) is 3.88. The van der Waals surface area contributed by atoms with E-state index in [1.165, 1.54) is 0 Å². The van der Waals surface area contributed by atoms with Crippen molar-refractivity contribution in [3.8, 4) is 0 Å². The molecule has 0 saturated heterocycles. The van der Waals surface area contributed by atoms with Gasteiger partial charge in [-0.15, -0.1) is 0 Å². The number of carboxylic acid groups (broad SMARTS) is 1. The van der Waals surface area contributed by atoms with E-state index in [-0.39, 0.29) is 0 Å². The van der Waals surface area contributed by atoms with Crippen LogP contribution in [0.5, 0.6) is 0 Å². The zero-order chi connectivity index (χ0) is 11.1. The Morgan fingerprint density at radius 2 is 2.62 bits per heavy atom. The molecule has 4 N–H and O–H groups in total. The van der Waals surface area contributed by atoms with Crippen LogP contribution in [0.25, 0.3) is 0 Å². The van der Waals surface area contributed by atoms with Gasteiger partial charge in [-0.05, 0) is 6.85 Å². The highest BCUT2D eigenvalue weighted by Crippen LogP contribution is 1.85. The van der Waals surface area contributed by atoms with Gasteiger partial charge in [-0.3, -0.25) is 4.79 Å². The van der Waals surface area contributed by atoms with E-state index in [1.807, 2.05) is 0 Å². The summed E-state index contributed by atoms with van der Waals surface area (Å²) in [5.74, 6) is -2.08. The van der Waals surface area contributed by atoms with Gasteiger partial charge in [0.2, 0.25) is 0 Å². The highest BCUT2D eigenvalue weighted by atomic mass is 16.4. The maximum Gasteiger partial charge on any atom is 0.323 e. The van der Waals surface area contributed by atoms with Crippen molar-refractivity contribution < 1.29 is 21.9 Å². The van der Waals surface area contributed by atoms with Crippen molar-refractivity contribution in [3.63, 3.8) is 0 Å². The number of carbonyl (C=O) groups is 1. The molecule has 0 aromatic heterocycles. The smallest absolute Gasteiger partial charge is 0.323 e. The van der Waals surface area contributed by atoms with Gasteiger partial charge in [0.25, 0.3) is 0 Å². The molecule has 4 heteroatoms. The van der Waals surface area contributed by atoms with E-state index >= 15 is 0 Å². The van der Waals surface area contributed by atoms with Crippen molar-refractivity contribution in [1.29, 1.82) is 0 Å². The largest absolute Gasteiger partial charge is 0.480 e. The van der Waals surface area contributed by atoms with Crippen molar-refractivity contribution in [1.82, 2.24) is 0 Å². The molecular weight excluding hydrogens is 110 g/mol. The van der Waals surface area contributed by atoms with Gasteiger partial charge in [0, 0.05) is 4.11 Å². The highest BCUT2D eigenvalue weighted by molar-refractivity contribution is 5.73. The third kappa shape index (κ3) is 1.90. The minimum absolute atomic E-state index is 2.08. The van der Waals surface area contributed by atoms with Crippen LogP contribution in [0.2, 0.25) is 0 Å². The monoisotopic (exact) mass is 124 g/mol. The molecule has 4 nitrogen and oxygen atoms in total. The van der Waals surface area contributed by atoms with Gasteiger partial charge in [-0.25, -0.2) is 0 Å². The van der Waals surface area contributed by atoms with Crippen molar-refractivity contribution in [2.75, 3.05) is 0 Å². The Bertz CT molecular complexity index is 222. The first-order valence-corrected chi connectivity index (χ1v) is 1.69. The summed E-state index contributed by atoms with van der Waals surface area (Å²) >= 11 is 0. The molecule has 2 atom stereocenters. The molecule has 0 unspecified atom stereocenters. The third-order valence-electron chi connectivity index (χ3n) is 0.486.